The minimum Gasteiger partial charge on any atom is -0.262 e. The van der Waals surface area contributed by atoms with Gasteiger partial charge >= 0.3 is 5.24 Å². The van der Waals surface area contributed by atoms with Crippen LogP contribution in [0.5, 0.6) is 0 Å². The van der Waals surface area contributed by atoms with Crippen LogP contribution in [0.25, 0.3) is 0 Å². The molecule has 0 radical (unpaired) electrons. The first kappa shape index (κ1) is 6.30. The Hall–Kier alpha value is -0.820. The molecule has 0 atom stereocenters. The normalized spacial score (nSPS) is 9.00. The summed E-state index contributed by atoms with van der Waals surface area (Å²) in [6.45, 7) is 0. The summed E-state index contributed by atoms with van der Waals surface area (Å²) in [4.78, 5) is 8.71. The lowest BCUT2D eigenvalue weighted by Gasteiger charge is -1.82. The molecule has 0 saturated carbocycles. The highest BCUT2D eigenvalue weighted by Gasteiger charge is 2.03. The van der Waals surface area contributed by atoms with Crippen LogP contribution in [0.3, 0.4) is 0 Å². The van der Waals surface area contributed by atoms with Gasteiger partial charge in [0.25, 0.3) is 0 Å². The quantitative estimate of drug-likeness (QED) is 0.420. The highest BCUT2D eigenvalue weighted by atomic mass is 35.5. The third kappa shape index (κ3) is 1.54. The van der Waals surface area contributed by atoms with Crippen molar-refractivity contribution in [3.63, 3.8) is 0 Å². The summed E-state index contributed by atoms with van der Waals surface area (Å²) >= 11 is 5.28. The molecule has 9 heavy (non-hydrogen) atoms. The molecular formula is C7H6ClO+. The van der Waals surface area contributed by atoms with Crippen LogP contribution in [0.15, 0.2) is 30.3 Å². The molecule has 0 spiro atoms. The fraction of sp³-hybridized carbons (Fsp3) is 0. The van der Waals surface area contributed by atoms with Crippen LogP contribution in [0.2, 0.25) is 0 Å². The molecule has 1 N–H and O–H groups in total. The third-order valence-corrected chi connectivity index (χ3v) is 1.23. The molecule has 0 unspecified atom stereocenters. The number of carbonyl (C=O) groups excluding carboxylic acids is 1. The van der Waals surface area contributed by atoms with Gasteiger partial charge in [0.05, 0.1) is 5.56 Å². The minimum atomic E-state index is -0.157. The van der Waals surface area contributed by atoms with Crippen LogP contribution in [0, 0.1) is 0 Å². The predicted octanol–water partition coefficient (Wildman–Crippen LogP) is 1.78. The highest BCUT2D eigenvalue weighted by molar-refractivity contribution is 6.68. The Kier molecular flexibility index (Phi) is 1.85. The average molecular weight is 142 g/mol. The zero-order chi connectivity index (χ0) is 6.69. The zero-order valence-electron chi connectivity index (χ0n) is 4.71. The molecule has 0 aliphatic heterocycles. The molecule has 0 aliphatic rings. The lowest BCUT2D eigenvalue weighted by atomic mass is 10.2. The van der Waals surface area contributed by atoms with Gasteiger partial charge in [-0.3, -0.25) is 4.79 Å². The van der Waals surface area contributed by atoms with Crippen molar-refractivity contribution in [1.82, 2.24) is 0 Å². The van der Waals surface area contributed by atoms with Crippen molar-refractivity contribution in [2.45, 2.75) is 0 Å². The summed E-state index contributed by atoms with van der Waals surface area (Å²) in [6.07, 6.45) is 0. The maximum Gasteiger partial charge on any atom is 0.418 e. The predicted molar refractivity (Wildman–Crippen MR) is 38.3 cm³/mol. The maximum absolute atomic E-state index is 8.71. The number of halogens is 1. The Morgan fingerprint density at radius 2 is 1.78 bits per heavy atom. The Morgan fingerprint density at radius 1 is 1.22 bits per heavy atom. The molecule has 0 saturated heterocycles. The smallest absolute Gasteiger partial charge is 0.262 e. The molecule has 1 aromatic rings. The summed E-state index contributed by atoms with van der Waals surface area (Å²) in [5.41, 5.74) is 0.652. The van der Waals surface area contributed by atoms with Crippen LogP contribution in [-0.4, -0.2) is 10.0 Å². The van der Waals surface area contributed by atoms with Gasteiger partial charge in [0, 0.05) is 11.6 Å². The molecule has 0 aliphatic carbocycles. The second-order valence-electron chi connectivity index (χ2n) is 1.66. The van der Waals surface area contributed by atoms with E-state index in [-0.39, 0.29) is 5.24 Å². The van der Waals surface area contributed by atoms with Crippen LogP contribution in [0.1, 0.15) is 5.56 Å². The minimum absolute atomic E-state index is 0.157. The summed E-state index contributed by atoms with van der Waals surface area (Å²) in [5, 5.41) is -0.157. The van der Waals surface area contributed by atoms with Crippen molar-refractivity contribution in [3.05, 3.63) is 35.9 Å². The van der Waals surface area contributed by atoms with E-state index in [9.17, 15) is 0 Å². The summed E-state index contributed by atoms with van der Waals surface area (Å²) in [7, 11) is 0. The first-order valence-corrected chi connectivity index (χ1v) is 2.95. The van der Waals surface area contributed by atoms with E-state index in [1.165, 1.54) is 0 Å². The standard InChI is InChI=1S/C7H5ClO/c8-7(9)6-4-2-1-3-5-6/h1-5H/p+1. The summed E-state index contributed by atoms with van der Waals surface area (Å²) in [6, 6.07) is 8.97. The number of rotatable bonds is 1. The number of hydrogen-bond donors (Lipinski definition) is 0. The van der Waals surface area contributed by atoms with Crippen LogP contribution >= 0.6 is 11.6 Å². The molecule has 0 aromatic heterocycles. The summed E-state index contributed by atoms with van der Waals surface area (Å²) < 4.78 is 0. The molecule has 1 nitrogen and oxygen atoms in total. The van der Waals surface area contributed by atoms with Gasteiger partial charge in [-0.15, -0.1) is 0 Å². The fourth-order valence-corrected chi connectivity index (χ4v) is 0.702. The Balaban J connectivity index is 2.98. The van der Waals surface area contributed by atoms with Gasteiger partial charge in [-0.05, 0) is 12.1 Å². The zero-order valence-corrected chi connectivity index (χ0v) is 5.47. The van der Waals surface area contributed by atoms with E-state index in [0.717, 1.165) is 0 Å². The lowest BCUT2D eigenvalue weighted by molar-refractivity contribution is 0.688. The molecule has 1 aromatic carbocycles. The van der Waals surface area contributed by atoms with E-state index < -0.39 is 0 Å². The van der Waals surface area contributed by atoms with Crippen molar-refractivity contribution >= 4 is 16.8 Å². The third-order valence-electron chi connectivity index (χ3n) is 1.01. The van der Waals surface area contributed by atoms with Crippen molar-refractivity contribution in [3.8, 4) is 0 Å². The van der Waals surface area contributed by atoms with Gasteiger partial charge in [0.2, 0.25) is 0 Å². The molecule has 0 amide bonds. The first-order valence-electron chi connectivity index (χ1n) is 2.57. The van der Waals surface area contributed by atoms with Crippen molar-refractivity contribution < 1.29 is 4.79 Å². The van der Waals surface area contributed by atoms with Crippen molar-refractivity contribution in [2.24, 2.45) is 0 Å². The molecule has 2 heteroatoms. The monoisotopic (exact) mass is 141 g/mol. The van der Waals surface area contributed by atoms with Crippen LogP contribution < -0.4 is 0 Å². The van der Waals surface area contributed by atoms with E-state index in [4.69, 9.17) is 16.4 Å². The second kappa shape index (κ2) is 2.65. The SMILES string of the molecule is [OH+]=C(Cl)c1ccccc1. The Bertz CT molecular complexity index is 205. The van der Waals surface area contributed by atoms with E-state index in [1.807, 2.05) is 18.2 Å². The molecule has 0 fully saturated rings. The van der Waals surface area contributed by atoms with Crippen LogP contribution in [0.4, 0.5) is 0 Å². The van der Waals surface area contributed by atoms with Gasteiger partial charge in [-0.2, -0.15) is 0 Å². The Morgan fingerprint density at radius 3 is 2.11 bits per heavy atom. The van der Waals surface area contributed by atoms with Gasteiger partial charge in [-0.25, -0.2) is 0 Å². The largest absolute Gasteiger partial charge is 0.418 e. The lowest BCUT2D eigenvalue weighted by Crippen LogP contribution is -1.87. The average Bonchev–Trinajstić information content (AvgIpc) is 1.90. The highest BCUT2D eigenvalue weighted by Crippen LogP contribution is 2.00. The topological polar surface area (TPSA) is 21.4 Å². The molecule has 0 bridgehead atoms. The van der Waals surface area contributed by atoms with Gasteiger partial charge < -0.3 is 0 Å². The second-order valence-corrected chi connectivity index (χ2v) is 2.01. The Labute approximate surface area is 58.3 Å². The molecule has 0 heterocycles. The van der Waals surface area contributed by atoms with Gasteiger partial charge in [0.1, 0.15) is 0 Å². The number of benzene rings is 1. The molecule has 1 rings (SSSR count). The number of hydrogen-bond acceptors (Lipinski definition) is 0. The molecule has 46 valence electrons. The van der Waals surface area contributed by atoms with E-state index in [0.29, 0.717) is 5.56 Å². The van der Waals surface area contributed by atoms with Gasteiger partial charge in [0.15, 0.2) is 0 Å². The fourth-order valence-electron chi connectivity index (χ4n) is 0.576. The van der Waals surface area contributed by atoms with E-state index in [2.05, 4.69) is 0 Å². The van der Waals surface area contributed by atoms with Crippen molar-refractivity contribution in [1.29, 1.82) is 0 Å². The maximum atomic E-state index is 8.71. The van der Waals surface area contributed by atoms with Crippen LogP contribution in [-0.2, 0) is 0 Å². The molecular weight excluding hydrogens is 136 g/mol. The summed E-state index contributed by atoms with van der Waals surface area (Å²) in [5.74, 6) is 0. The van der Waals surface area contributed by atoms with E-state index >= 15 is 0 Å². The van der Waals surface area contributed by atoms with Crippen molar-refractivity contribution in [2.75, 3.05) is 0 Å². The first-order chi connectivity index (χ1) is 4.30. The van der Waals surface area contributed by atoms with Gasteiger partial charge in [-0.1, -0.05) is 18.2 Å². The van der Waals surface area contributed by atoms with E-state index in [1.54, 1.807) is 12.1 Å².